The number of amides is 1. The molecule has 1 aliphatic heterocycles. The Kier molecular flexibility index (Phi) is 4.32. The van der Waals surface area contributed by atoms with Gasteiger partial charge in [0.2, 0.25) is 0 Å². The van der Waals surface area contributed by atoms with Crippen LogP contribution in [-0.2, 0) is 0 Å². The maximum absolute atomic E-state index is 12.5. The van der Waals surface area contributed by atoms with Crippen LogP contribution in [0.4, 0.5) is 13.2 Å². The van der Waals surface area contributed by atoms with Gasteiger partial charge in [0.05, 0.1) is 0 Å². The summed E-state index contributed by atoms with van der Waals surface area (Å²) in [6.45, 7) is 4.12. The number of halogens is 3. The van der Waals surface area contributed by atoms with Crippen LogP contribution in [-0.4, -0.2) is 46.3 Å². The molecule has 21 heavy (non-hydrogen) atoms. The summed E-state index contributed by atoms with van der Waals surface area (Å²) in [5.74, 6) is -1.03. The normalized spacial score (nSPS) is 18.9. The number of hydrogen-bond acceptors (Lipinski definition) is 2. The number of aromatic nitrogens is 1. The summed E-state index contributed by atoms with van der Waals surface area (Å²) < 4.78 is 37.4. The SMILES string of the molecule is Cc1cc(C)c(C(=O)N2CCC(C(O)C(F)(F)F)CC2)[nH]1. The van der Waals surface area contributed by atoms with Gasteiger partial charge in [0.25, 0.3) is 5.91 Å². The maximum atomic E-state index is 12.5. The highest BCUT2D eigenvalue weighted by Crippen LogP contribution is 2.32. The number of hydrogen-bond donors (Lipinski definition) is 2. The van der Waals surface area contributed by atoms with Crippen molar-refractivity contribution in [3.8, 4) is 0 Å². The fourth-order valence-electron chi connectivity index (χ4n) is 2.79. The number of aromatic amines is 1. The van der Waals surface area contributed by atoms with Gasteiger partial charge in [-0.2, -0.15) is 13.2 Å². The van der Waals surface area contributed by atoms with E-state index in [4.69, 9.17) is 0 Å². The second-order valence-corrected chi connectivity index (χ2v) is 5.63. The Morgan fingerprint density at radius 2 is 1.95 bits per heavy atom. The molecule has 1 unspecified atom stereocenters. The Hall–Kier alpha value is -1.50. The average Bonchev–Trinajstić information content (AvgIpc) is 2.75. The highest BCUT2D eigenvalue weighted by Gasteiger charge is 2.44. The van der Waals surface area contributed by atoms with E-state index < -0.39 is 18.2 Å². The molecule has 0 bridgehead atoms. The van der Waals surface area contributed by atoms with Crippen LogP contribution >= 0.6 is 0 Å². The van der Waals surface area contributed by atoms with Crippen molar-refractivity contribution in [1.29, 1.82) is 0 Å². The monoisotopic (exact) mass is 304 g/mol. The van der Waals surface area contributed by atoms with Gasteiger partial charge in [-0.15, -0.1) is 0 Å². The number of rotatable bonds is 2. The lowest BCUT2D eigenvalue weighted by molar-refractivity contribution is -0.222. The summed E-state index contributed by atoms with van der Waals surface area (Å²) in [6.07, 6.45) is -6.58. The van der Waals surface area contributed by atoms with Crippen LogP contribution in [0.5, 0.6) is 0 Å². The van der Waals surface area contributed by atoms with E-state index in [0.29, 0.717) is 5.69 Å². The fourth-order valence-corrected chi connectivity index (χ4v) is 2.79. The second-order valence-electron chi connectivity index (χ2n) is 5.63. The Labute approximate surface area is 120 Å². The molecule has 0 aliphatic carbocycles. The van der Waals surface area contributed by atoms with E-state index in [1.165, 1.54) is 4.90 Å². The smallest absolute Gasteiger partial charge is 0.383 e. The van der Waals surface area contributed by atoms with E-state index in [-0.39, 0.29) is 31.8 Å². The summed E-state index contributed by atoms with van der Waals surface area (Å²) >= 11 is 0. The number of nitrogens with one attached hydrogen (secondary N) is 1. The molecule has 0 spiro atoms. The molecule has 2 heterocycles. The molecule has 1 aromatic heterocycles. The molecule has 7 heteroatoms. The van der Waals surface area contributed by atoms with Gasteiger partial charge in [-0.3, -0.25) is 4.79 Å². The molecule has 0 radical (unpaired) electrons. The number of alkyl halides is 3. The number of aliphatic hydroxyl groups is 1. The van der Waals surface area contributed by atoms with Crippen molar-refractivity contribution in [2.24, 2.45) is 5.92 Å². The van der Waals surface area contributed by atoms with Crippen LogP contribution < -0.4 is 0 Å². The minimum absolute atomic E-state index is 0.158. The molecule has 1 saturated heterocycles. The summed E-state index contributed by atoms with van der Waals surface area (Å²) in [7, 11) is 0. The summed E-state index contributed by atoms with van der Waals surface area (Å²) in [6, 6.07) is 1.85. The van der Waals surface area contributed by atoms with E-state index in [9.17, 15) is 23.1 Å². The van der Waals surface area contributed by atoms with Crippen molar-refractivity contribution in [2.45, 2.75) is 39.0 Å². The molecule has 1 aromatic rings. The topological polar surface area (TPSA) is 56.3 Å². The van der Waals surface area contributed by atoms with E-state index in [2.05, 4.69) is 4.98 Å². The number of likely N-dealkylation sites (tertiary alicyclic amines) is 1. The van der Waals surface area contributed by atoms with Crippen molar-refractivity contribution in [2.75, 3.05) is 13.1 Å². The number of aryl methyl sites for hydroxylation is 2. The number of carbonyl (C=O) groups excluding carboxylic acids is 1. The molecule has 0 aromatic carbocycles. The predicted octanol–water partition coefficient (Wildman–Crippen LogP) is 2.41. The molecule has 1 amide bonds. The molecule has 2 rings (SSSR count). The molecule has 1 aliphatic rings. The van der Waals surface area contributed by atoms with Crippen LogP contribution in [0.1, 0.15) is 34.6 Å². The van der Waals surface area contributed by atoms with Crippen molar-refractivity contribution in [3.63, 3.8) is 0 Å². The third kappa shape index (κ3) is 3.40. The fraction of sp³-hybridized carbons (Fsp3) is 0.643. The summed E-state index contributed by atoms with van der Waals surface area (Å²) in [5, 5.41) is 9.27. The number of aliphatic hydroxyl groups excluding tert-OH is 1. The first-order chi connectivity index (χ1) is 9.70. The van der Waals surface area contributed by atoms with E-state index >= 15 is 0 Å². The highest BCUT2D eigenvalue weighted by molar-refractivity contribution is 5.94. The van der Waals surface area contributed by atoms with Crippen LogP contribution in [0, 0.1) is 19.8 Å². The quantitative estimate of drug-likeness (QED) is 0.881. The summed E-state index contributed by atoms with van der Waals surface area (Å²) in [5.41, 5.74) is 2.19. The van der Waals surface area contributed by atoms with Gasteiger partial charge in [0, 0.05) is 18.8 Å². The molecule has 4 nitrogen and oxygen atoms in total. The zero-order valence-corrected chi connectivity index (χ0v) is 12.0. The molecule has 0 saturated carbocycles. The Morgan fingerprint density at radius 3 is 2.38 bits per heavy atom. The third-order valence-electron chi connectivity index (χ3n) is 3.97. The Balaban J connectivity index is 1.98. The van der Waals surface area contributed by atoms with Gasteiger partial charge < -0.3 is 15.0 Å². The predicted molar refractivity (Wildman–Crippen MR) is 71.0 cm³/mol. The van der Waals surface area contributed by atoms with Gasteiger partial charge in [-0.05, 0) is 44.2 Å². The minimum Gasteiger partial charge on any atom is -0.383 e. The van der Waals surface area contributed by atoms with Gasteiger partial charge >= 0.3 is 6.18 Å². The first-order valence-electron chi connectivity index (χ1n) is 6.90. The molecular formula is C14H19F3N2O2. The van der Waals surface area contributed by atoms with Gasteiger partial charge in [-0.1, -0.05) is 0 Å². The zero-order valence-electron chi connectivity index (χ0n) is 12.0. The largest absolute Gasteiger partial charge is 0.414 e. The van der Waals surface area contributed by atoms with Crippen molar-refractivity contribution < 1.29 is 23.1 Å². The molecule has 1 atom stereocenters. The van der Waals surface area contributed by atoms with E-state index in [1.807, 2.05) is 19.9 Å². The standard InChI is InChI=1S/C14H19F3N2O2/c1-8-7-9(2)18-11(8)13(21)19-5-3-10(4-6-19)12(20)14(15,16)17/h7,10,12,18,20H,3-6H2,1-2H3. The van der Waals surface area contributed by atoms with Gasteiger partial charge in [0.1, 0.15) is 5.69 Å². The lowest BCUT2D eigenvalue weighted by Crippen LogP contribution is -2.45. The van der Waals surface area contributed by atoms with Crippen molar-refractivity contribution in [1.82, 2.24) is 9.88 Å². The Bertz CT molecular complexity index is 517. The maximum Gasteiger partial charge on any atom is 0.414 e. The van der Waals surface area contributed by atoms with E-state index in [0.717, 1.165) is 11.3 Å². The number of carbonyl (C=O) groups is 1. The van der Waals surface area contributed by atoms with E-state index in [1.54, 1.807) is 0 Å². The Morgan fingerprint density at radius 1 is 1.38 bits per heavy atom. The average molecular weight is 304 g/mol. The van der Waals surface area contributed by atoms with Crippen LogP contribution in [0.15, 0.2) is 6.07 Å². The molecule has 2 N–H and O–H groups in total. The first-order valence-corrected chi connectivity index (χ1v) is 6.90. The van der Waals surface area contributed by atoms with Crippen molar-refractivity contribution in [3.05, 3.63) is 23.0 Å². The minimum atomic E-state index is -4.59. The number of piperidine rings is 1. The second kappa shape index (κ2) is 5.71. The molecular weight excluding hydrogens is 285 g/mol. The first kappa shape index (κ1) is 15.9. The lowest BCUT2D eigenvalue weighted by Gasteiger charge is -2.34. The molecule has 118 valence electrons. The highest BCUT2D eigenvalue weighted by atomic mass is 19.4. The number of H-pyrrole nitrogens is 1. The third-order valence-corrected chi connectivity index (χ3v) is 3.97. The lowest BCUT2D eigenvalue weighted by atomic mass is 9.90. The van der Waals surface area contributed by atoms with Gasteiger partial charge in [-0.25, -0.2) is 0 Å². The summed E-state index contributed by atoms with van der Waals surface area (Å²) in [4.78, 5) is 16.8. The van der Waals surface area contributed by atoms with Gasteiger partial charge in [0.15, 0.2) is 6.10 Å². The van der Waals surface area contributed by atoms with Crippen LogP contribution in [0.25, 0.3) is 0 Å². The number of nitrogens with zero attached hydrogens (tertiary/aromatic N) is 1. The van der Waals surface area contributed by atoms with Crippen LogP contribution in [0.3, 0.4) is 0 Å². The van der Waals surface area contributed by atoms with Crippen LogP contribution in [0.2, 0.25) is 0 Å². The van der Waals surface area contributed by atoms with Crippen molar-refractivity contribution >= 4 is 5.91 Å². The molecule has 1 fully saturated rings. The zero-order chi connectivity index (χ0) is 15.8.